The van der Waals surface area contributed by atoms with Crippen LogP contribution in [0, 0.1) is 0 Å². The Morgan fingerprint density at radius 2 is 2.33 bits per heavy atom. The van der Waals surface area contributed by atoms with Crippen LogP contribution < -0.4 is 5.32 Å². The predicted molar refractivity (Wildman–Crippen MR) is 37.6 cm³/mol. The van der Waals surface area contributed by atoms with Gasteiger partial charge in [-0.1, -0.05) is 0 Å². The Bertz CT molecular complexity index is 134. The van der Waals surface area contributed by atoms with E-state index in [0.717, 1.165) is 32.1 Å². The van der Waals surface area contributed by atoms with E-state index in [9.17, 15) is 0 Å². The number of rotatable bonds is 0. The molecule has 45 valence electrons. The van der Waals surface area contributed by atoms with E-state index < -0.39 is 0 Å². The van der Waals surface area contributed by atoms with Crippen molar-refractivity contribution in [1.82, 2.24) is 10.2 Å². The van der Waals surface area contributed by atoms with E-state index in [-0.39, 0.29) is 29.6 Å². The molecule has 2 aliphatic rings. The van der Waals surface area contributed by atoms with Gasteiger partial charge in [0.15, 0.2) is 5.96 Å². The van der Waals surface area contributed by atoms with Crippen molar-refractivity contribution in [2.45, 2.75) is 0 Å². The molecule has 0 amide bonds. The van der Waals surface area contributed by atoms with Gasteiger partial charge in [-0.3, -0.25) is 4.99 Å². The quantitative estimate of drug-likeness (QED) is 0.425. The monoisotopic (exact) mass is 134 g/mol. The van der Waals surface area contributed by atoms with Crippen molar-refractivity contribution in [3.63, 3.8) is 0 Å². The molecular formula is C5H9N3Na. The molecule has 0 saturated carbocycles. The molecule has 0 atom stereocenters. The van der Waals surface area contributed by atoms with Crippen LogP contribution >= 0.6 is 0 Å². The van der Waals surface area contributed by atoms with Gasteiger partial charge in [0.1, 0.15) is 0 Å². The summed E-state index contributed by atoms with van der Waals surface area (Å²) in [7, 11) is 0. The number of nitrogens with one attached hydrogen (secondary N) is 1. The van der Waals surface area contributed by atoms with E-state index in [4.69, 9.17) is 0 Å². The summed E-state index contributed by atoms with van der Waals surface area (Å²) in [5.41, 5.74) is 0. The van der Waals surface area contributed by atoms with Crippen molar-refractivity contribution in [2.24, 2.45) is 4.99 Å². The van der Waals surface area contributed by atoms with E-state index in [0.29, 0.717) is 0 Å². The van der Waals surface area contributed by atoms with Gasteiger partial charge in [-0.2, -0.15) is 0 Å². The van der Waals surface area contributed by atoms with Crippen LogP contribution in [-0.4, -0.2) is 66.6 Å². The smallest absolute Gasteiger partial charge is 0.194 e. The molecule has 0 aromatic carbocycles. The summed E-state index contributed by atoms with van der Waals surface area (Å²) in [5.74, 6) is 1.12. The van der Waals surface area contributed by atoms with Crippen LogP contribution in [0.15, 0.2) is 4.99 Å². The molecule has 0 unspecified atom stereocenters. The summed E-state index contributed by atoms with van der Waals surface area (Å²) < 4.78 is 0. The van der Waals surface area contributed by atoms with Crippen LogP contribution in [0.4, 0.5) is 0 Å². The van der Waals surface area contributed by atoms with Gasteiger partial charge in [0.05, 0.1) is 6.54 Å². The van der Waals surface area contributed by atoms with Gasteiger partial charge in [-0.05, 0) is 0 Å². The zero-order valence-electron chi connectivity index (χ0n) is 5.72. The molecule has 2 aliphatic heterocycles. The molecule has 9 heavy (non-hydrogen) atoms. The summed E-state index contributed by atoms with van der Waals surface area (Å²) in [6, 6.07) is 0. The second-order valence-electron chi connectivity index (χ2n) is 2.12. The summed E-state index contributed by atoms with van der Waals surface area (Å²) in [6.07, 6.45) is 0. The fourth-order valence-corrected chi connectivity index (χ4v) is 1.17. The minimum atomic E-state index is 0. The van der Waals surface area contributed by atoms with Gasteiger partial charge in [-0.25, -0.2) is 0 Å². The summed E-state index contributed by atoms with van der Waals surface area (Å²) in [4.78, 5) is 6.51. The molecule has 1 radical (unpaired) electrons. The number of nitrogens with zero attached hydrogens (tertiary/aromatic N) is 2. The van der Waals surface area contributed by atoms with Crippen molar-refractivity contribution in [2.75, 3.05) is 26.2 Å². The van der Waals surface area contributed by atoms with Crippen LogP contribution in [-0.2, 0) is 0 Å². The van der Waals surface area contributed by atoms with Gasteiger partial charge < -0.3 is 10.2 Å². The summed E-state index contributed by atoms with van der Waals surface area (Å²) in [6.45, 7) is 4.35. The van der Waals surface area contributed by atoms with Crippen molar-refractivity contribution < 1.29 is 0 Å². The van der Waals surface area contributed by atoms with E-state index in [1.165, 1.54) is 0 Å². The van der Waals surface area contributed by atoms with Crippen LogP contribution in [0.1, 0.15) is 0 Å². The molecule has 1 saturated heterocycles. The molecule has 0 bridgehead atoms. The maximum Gasteiger partial charge on any atom is 0.194 e. The van der Waals surface area contributed by atoms with Crippen molar-refractivity contribution in [1.29, 1.82) is 0 Å². The number of guanidine groups is 1. The van der Waals surface area contributed by atoms with Gasteiger partial charge in [-0.15, -0.1) is 0 Å². The minimum Gasteiger partial charge on any atom is -0.354 e. The standard InChI is InChI=1S/C5H9N3.Na/c1-3-8-4-2-7-5(8)6-1;/h1-4H2,(H,6,7);. The molecule has 2 rings (SSSR count). The molecule has 0 aromatic rings. The summed E-state index contributed by atoms with van der Waals surface area (Å²) in [5, 5.41) is 3.19. The number of hydrogen-bond donors (Lipinski definition) is 1. The Morgan fingerprint density at radius 1 is 1.44 bits per heavy atom. The Morgan fingerprint density at radius 3 is 3.11 bits per heavy atom. The second-order valence-corrected chi connectivity index (χ2v) is 2.12. The van der Waals surface area contributed by atoms with Crippen molar-refractivity contribution in [3.8, 4) is 0 Å². The molecule has 1 fully saturated rings. The fraction of sp³-hybridized carbons (Fsp3) is 0.800. The molecule has 0 spiro atoms. The van der Waals surface area contributed by atoms with Crippen LogP contribution in [0.2, 0.25) is 0 Å². The van der Waals surface area contributed by atoms with E-state index in [1.54, 1.807) is 0 Å². The third-order valence-electron chi connectivity index (χ3n) is 1.60. The maximum absolute atomic E-state index is 4.23. The molecule has 2 heterocycles. The fourth-order valence-electron chi connectivity index (χ4n) is 1.17. The van der Waals surface area contributed by atoms with Crippen molar-refractivity contribution in [3.05, 3.63) is 0 Å². The number of hydrogen-bond acceptors (Lipinski definition) is 3. The summed E-state index contributed by atoms with van der Waals surface area (Å²) >= 11 is 0. The van der Waals surface area contributed by atoms with Crippen LogP contribution in [0.25, 0.3) is 0 Å². The van der Waals surface area contributed by atoms with Gasteiger partial charge >= 0.3 is 0 Å². The Balaban J connectivity index is 0.000000405. The molecule has 0 aromatic heterocycles. The van der Waals surface area contributed by atoms with Crippen LogP contribution in [0.5, 0.6) is 0 Å². The largest absolute Gasteiger partial charge is 0.354 e. The minimum absolute atomic E-state index is 0. The average Bonchev–Trinajstić information content (AvgIpc) is 2.15. The Kier molecular flexibility index (Phi) is 2.38. The van der Waals surface area contributed by atoms with Crippen molar-refractivity contribution >= 4 is 35.5 Å². The number of fused-ring (bicyclic) bond motifs is 1. The topological polar surface area (TPSA) is 27.6 Å². The van der Waals surface area contributed by atoms with Gasteiger partial charge in [0.25, 0.3) is 0 Å². The SMILES string of the molecule is C1CN2CCNC2=N1.[Na]. The first kappa shape index (κ1) is 7.38. The molecule has 1 N–H and O–H groups in total. The third kappa shape index (κ3) is 1.23. The maximum atomic E-state index is 4.23. The Hall–Kier alpha value is 0.270. The van der Waals surface area contributed by atoms with Gasteiger partial charge in [0.2, 0.25) is 0 Å². The van der Waals surface area contributed by atoms with Gasteiger partial charge in [0, 0.05) is 49.2 Å². The van der Waals surface area contributed by atoms with E-state index in [1.807, 2.05) is 0 Å². The first-order valence-corrected chi connectivity index (χ1v) is 3.00. The van der Waals surface area contributed by atoms with Crippen LogP contribution in [0.3, 0.4) is 0 Å². The zero-order valence-corrected chi connectivity index (χ0v) is 7.72. The Labute approximate surface area is 76.8 Å². The second kappa shape index (κ2) is 2.90. The zero-order chi connectivity index (χ0) is 5.40. The third-order valence-corrected chi connectivity index (χ3v) is 1.60. The average molecular weight is 134 g/mol. The number of aliphatic imine (C=N–C) groups is 1. The first-order valence-electron chi connectivity index (χ1n) is 3.00. The van der Waals surface area contributed by atoms with E-state index >= 15 is 0 Å². The molecule has 4 heteroatoms. The molecule has 0 aliphatic carbocycles. The van der Waals surface area contributed by atoms with E-state index in [2.05, 4.69) is 15.2 Å². The normalized spacial score (nSPS) is 22.2. The predicted octanol–water partition coefficient (Wildman–Crippen LogP) is -1.12. The molecule has 3 nitrogen and oxygen atoms in total. The first-order chi connectivity index (χ1) is 3.97. The molecular weight excluding hydrogens is 125 g/mol.